The SMILES string of the molecule is CCCn1c(N2CCN(c3ccccc3)CC2)c(C=C2SC(=S)N(CCCCCCCCCCC(=O)O)C2=O)c(C)c(C#N)c1=O. The second-order valence-corrected chi connectivity index (χ2v) is 13.6. The van der Waals surface area contributed by atoms with Crippen LogP contribution in [0.2, 0.25) is 0 Å². The molecule has 0 bridgehead atoms. The quantitative estimate of drug-likeness (QED) is 0.121. The summed E-state index contributed by atoms with van der Waals surface area (Å²) in [6, 6.07) is 12.4. The molecule has 1 amide bonds. The Hall–Kier alpha value is -3.62. The Morgan fingerprint density at radius 2 is 1.57 bits per heavy atom. The number of hydrogen-bond donors (Lipinski definition) is 1. The van der Waals surface area contributed by atoms with Gasteiger partial charge in [-0.25, -0.2) is 0 Å². The number of rotatable bonds is 16. The van der Waals surface area contributed by atoms with Crippen molar-refractivity contribution in [2.24, 2.45) is 0 Å². The molecule has 9 nitrogen and oxygen atoms in total. The van der Waals surface area contributed by atoms with E-state index in [0.717, 1.165) is 82.3 Å². The average Bonchev–Trinajstić information content (AvgIpc) is 3.32. The molecule has 246 valence electrons. The maximum atomic E-state index is 13.6. The highest BCUT2D eigenvalue weighted by atomic mass is 32.2. The third kappa shape index (κ3) is 8.80. The standard InChI is InChI=1S/C35H45N5O4S2/c1-3-18-39-32(38-22-20-37(21-23-38)27-15-11-10-12-16-27)28(26(2)29(25-36)33(39)43)24-30-34(44)40(35(45)46-30)19-14-9-7-5-4-6-8-13-17-31(41)42/h10-12,15-16,24H,3-9,13-14,17-23H2,1-2H3,(H,41,42). The minimum absolute atomic E-state index is 0.115. The number of carboxylic acids is 1. The monoisotopic (exact) mass is 663 g/mol. The van der Waals surface area contributed by atoms with Gasteiger partial charge in [0.25, 0.3) is 11.5 Å². The molecule has 0 atom stereocenters. The van der Waals surface area contributed by atoms with E-state index in [-0.39, 0.29) is 23.5 Å². The van der Waals surface area contributed by atoms with Crippen molar-refractivity contribution in [1.82, 2.24) is 9.47 Å². The summed E-state index contributed by atoms with van der Waals surface area (Å²) >= 11 is 6.93. The number of nitriles is 1. The number of aromatic nitrogens is 1. The minimum Gasteiger partial charge on any atom is -0.481 e. The van der Waals surface area contributed by atoms with E-state index >= 15 is 0 Å². The molecule has 1 N–H and O–H groups in total. The fourth-order valence-corrected chi connectivity index (χ4v) is 7.45. The van der Waals surface area contributed by atoms with Crippen molar-refractivity contribution in [3.8, 4) is 6.07 Å². The molecule has 3 heterocycles. The summed E-state index contributed by atoms with van der Waals surface area (Å²) < 4.78 is 2.26. The first kappa shape index (κ1) is 35.2. The Morgan fingerprint density at radius 1 is 0.957 bits per heavy atom. The van der Waals surface area contributed by atoms with Crippen LogP contribution >= 0.6 is 24.0 Å². The maximum Gasteiger partial charge on any atom is 0.303 e. The summed E-state index contributed by atoms with van der Waals surface area (Å²) in [5.41, 5.74) is 2.33. The number of nitrogens with zero attached hydrogens (tertiary/aromatic N) is 5. The van der Waals surface area contributed by atoms with E-state index in [2.05, 4.69) is 28.0 Å². The van der Waals surface area contributed by atoms with Crippen LogP contribution in [-0.2, 0) is 16.1 Å². The molecular formula is C35H45N5O4S2. The highest BCUT2D eigenvalue weighted by Crippen LogP contribution is 2.36. The van der Waals surface area contributed by atoms with Crippen molar-refractivity contribution < 1.29 is 14.7 Å². The molecule has 0 radical (unpaired) electrons. The lowest BCUT2D eigenvalue weighted by atomic mass is 10.0. The Balaban J connectivity index is 1.48. The number of carbonyl (C=O) groups is 2. The fourth-order valence-electron chi connectivity index (χ4n) is 6.16. The molecule has 2 fully saturated rings. The molecule has 2 aliphatic rings. The molecule has 0 spiro atoms. The van der Waals surface area contributed by atoms with Crippen LogP contribution in [0.15, 0.2) is 40.0 Å². The first-order chi connectivity index (χ1) is 22.3. The highest BCUT2D eigenvalue weighted by molar-refractivity contribution is 8.26. The smallest absolute Gasteiger partial charge is 0.303 e. The van der Waals surface area contributed by atoms with Crippen LogP contribution in [-0.4, -0.2) is 63.5 Å². The molecule has 2 aliphatic heterocycles. The van der Waals surface area contributed by atoms with Crippen LogP contribution in [0.1, 0.15) is 87.8 Å². The predicted octanol–water partition coefficient (Wildman–Crippen LogP) is 6.56. The van der Waals surface area contributed by atoms with Gasteiger partial charge in [-0.15, -0.1) is 0 Å². The van der Waals surface area contributed by atoms with Gasteiger partial charge in [-0.2, -0.15) is 5.26 Å². The van der Waals surface area contributed by atoms with Gasteiger partial charge >= 0.3 is 5.97 Å². The first-order valence-electron chi connectivity index (χ1n) is 16.5. The zero-order valence-electron chi connectivity index (χ0n) is 27.0. The van der Waals surface area contributed by atoms with E-state index in [0.29, 0.717) is 41.0 Å². The van der Waals surface area contributed by atoms with Gasteiger partial charge in [0.1, 0.15) is 21.8 Å². The lowest BCUT2D eigenvalue weighted by Gasteiger charge is -2.39. The molecule has 1 aromatic carbocycles. The molecule has 46 heavy (non-hydrogen) atoms. The van der Waals surface area contributed by atoms with E-state index in [4.69, 9.17) is 17.3 Å². The second kappa shape index (κ2) is 17.3. The maximum absolute atomic E-state index is 13.6. The van der Waals surface area contributed by atoms with Gasteiger partial charge in [0, 0.05) is 56.9 Å². The number of amides is 1. The normalized spacial score (nSPS) is 16.0. The number of hydrogen-bond acceptors (Lipinski definition) is 8. The Labute approximate surface area is 281 Å². The molecule has 2 saturated heterocycles. The molecule has 1 aromatic heterocycles. The predicted molar refractivity (Wildman–Crippen MR) is 190 cm³/mol. The van der Waals surface area contributed by atoms with Crippen molar-refractivity contribution in [3.05, 3.63) is 62.3 Å². The van der Waals surface area contributed by atoms with Gasteiger partial charge < -0.3 is 14.9 Å². The lowest BCUT2D eigenvalue weighted by Crippen LogP contribution is -2.48. The Bertz CT molecular complexity index is 1520. The summed E-state index contributed by atoms with van der Waals surface area (Å²) in [4.78, 5) is 44.6. The van der Waals surface area contributed by atoms with Crippen LogP contribution < -0.4 is 15.4 Å². The number of benzene rings is 1. The van der Waals surface area contributed by atoms with Crippen LogP contribution in [0, 0.1) is 18.3 Å². The summed E-state index contributed by atoms with van der Waals surface area (Å²) in [7, 11) is 0. The average molecular weight is 664 g/mol. The van der Waals surface area contributed by atoms with E-state index in [1.807, 2.05) is 31.2 Å². The van der Waals surface area contributed by atoms with Gasteiger partial charge in [0.05, 0.1) is 4.91 Å². The number of aliphatic carboxylic acids is 1. The number of unbranched alkanes of at least 4 members (excludes halogenated alkanes) is 7. The van der Waals surface area contributed by atoms with E-state index in [1.54, 1.807) is 16.4 Å². The number of piperazine rings is 1. The van der Waals surface area contributed by atoms with Crippen molar-refractivity contribution in [3.63, 3.8) is 0 Å². The van der Waals surface area contributed by atoms with Crippen molar-refractivity contribution >= 4 is 57.8 Å². The lowest BCUT2D eigenvalue weighted by molar-refractivity contribution is -0.137. The topological polar surface area (TPSA) is 110 Å². The summed E-state index contributed by atoms with van der Waals surface area (Å²) in [5, 5.41) is 18.7. The van der Waals surface area contributed by atoms with Gasteiger partial charge in [-0.05, 0) is 50.0 Å². The minimum atomic E-state index is -0.730. The molecular weight excluding hydrogens is 619 g/mol. The zero-order chi connectivity index (χ0) is 33.1. The summed E-state index contributed by atoms with van der Waals surface area (Å²) in [5.74, 6) is -0.0881. The van der Waals surface area contributed by atoms with Gasteiger partial charge in [0.15, 0.2) is 0 Å². The van der Waals surface area contributed by atoms with Gasteiger partial charge in [0.2, 0.25) is 0 Å². The zero-order valence-corrected chi connectivity index (χ0v) is 28.6. The van der Waals surface area contributed by atoms with Gasteiger partial charge in [-0.3, -0.25) is 23.9 Å². The number of thioether (sulfide) groups is 1. The highest BCUT2D eigenvalue weighted by Gasteiger charge is 2.33. The van der Waals surface area contributed by atoms with Crippen LogP contribution in [0.3, 0.4) is 0 Å². The molecule has 4 rings (SSSR count). The molecule has 0 unspecified atom stereocenters. The molecule has 0 saturated carbocycles. The molecule has 11 heteroatoms. The van der Waals surface area contributed by atoms with Gasteiger partial charge in [-0.1, -0.05) is 87.6 Å². The fraction of sp³-hybridized carbons (Fsp3) is 0.514. The number of para-hydroxylation sites is 1. The number of thiocarbonyl (C=S) groups is 1. The third-order valence-electron chi connectivity index (χ3n) is 8.67. The van der Waals surface area contributed by atoms with Crippen LogP contribution in [0.4, 0.5) is 11.5 Å². The van der Waals surface area contributed by atoms with E-state index in [1.165, 1.54) is 17.4 Å². The Morgan fingerprint density at radius 3 is 2.17 bits per heavy atom. The van der Waals surface area contributed by atoms with Crippen LogP contribution in [0.25, 0.3) is 6.08 Å². The number of carbonyl (C=O) groups excluding carboxylic acids is 1. The number of carboxylic acid groups (broad SMARTS) is 1. The van der Waals surface area contributed by atoms with Crippen molar-refractivity contribution in [1.29, 1.82) is 5.26 Å². The van der Waals surface area contributed by atoms with Crippen molar-refractivity contribution in [2.75, 3.05) is 42.5 Å². The molecule has 2 aromatic rings. The third-order valence-corrected chi connectivity index (χ3v) is 10.0. The van der Waals surface area contributed by atoms with Crippen LogP contribution in [0.5, 0.6) is 0 Å². The van der Waals surface area contributed by atoms with E-state index in [9.17, 15) is 19.6 Å². The second-order valence-electron chi connectivity index (χ2n) is 11.9. The Kier molecular flexibility index (Phi) is 13.3. The van der Waals surface area contributed by atoms with Crippen molar-refractivity contribution in [2.45, 2.75) is 84.6 Å². The largest absolute Gasteiger partial charge is 0.481 e. The first-order valence-corrected chi connectivity index (χ1v) is 17.7. The summed E-state index contributed by atoms with van der Waals surface area (Å²) in [6.45, 7) is 7.84. The molecule has 0 aliphatic carbocycles. The van der Waals surface area contributed by atoms with E-state index < -0.39 is 5.97 Å². The summed E-state index contributed by atoms with van der Waals surface area (Å²) in [6.07, 6.45) is 10.7. The number of anilines is 2. The number of pyridine rings is 1.